The Kier molecular flexibility index (Phi) is 5.59. The zero-order chi connectivity index (χ0) is 15.9. The van der Waals surface area contributed by atoms with Gasteiger partial charge in [-0.2, -0.15) is 0 Å². The first kappa shape index (κ1) is 16.1. The van der Waals surface area contributed by atoms with Crippen LogP contribution in [0.1, 0.15) is 37.0 Å². The number of benzene rings is 2. The highest BCUT2D eigenvalue weighted by atomic mass is 16.5. The Morgan fingerprint density at radius 3 is 2.32 bits per heavy atom. The molecule has 22 heavy (non-hydrogen) atoms. The van der Waals surface area contributed by atoms with Crippen molar-refractivity contribution in [2.75, 3.05) is 0 Å². The zero-order valence-corrected chi connectivity index (χ0v) is 13.1. The number of carbonyl (C=O) groups is 1. The number of hydrogen-bond donors (Lipinski definition) is 1. The molecule has 0 aliphatic rings. The number of ether oxygens (including phenoxy) is 1. The monoisotopic (exact) mass is 298 g/mol. The van der Waals surface area contributed by atoms with E-state index in [4.69, 9.17) is 9.84 Å². The number of hydrogen-bond acceptors (Lipinski definition) is 2. The molecule has 0 amide bonds. The molecule has 0 saturated carbocycles. The molecule has 0 fully saturated rings. The average molecular weight is 298 g/mol. The molecule has 3 heteroatoms. The van der Waals surface area contributed by atoms with Crippen LogP contribution in [0.2, 0.25) is 0 Å². The van der Waals surface area contributed by atoms with Crippen molar-refractivity contribution in [2.45, 2.75) is 39.5 Å². The molecule has 2 aromatic carbocycles. The molecule has 0 aromatic heterocycles. The Hall–Kier alpha value is -2.29. The van der Waals surface area contributed by atoms with Gasteiger partial charge >= 0.3 is 5.97 Å². The van der Waals surface area contributed by atoms with Crippen LogP contribution >= 0.6 is 0 Å². The predicted octanol–water partition coefficient (Wildman–Crippen LogP) is 4.62. The van der Waals surface area contributed by atoms with Gasteiger partial charge in [-0.3, -0.25) is 4.79 Å². The third kappa shape index (κ3) is 3.88. The molecule has 0 bridgehead atoms. The molecule has 3 nitrogen and oxygen atoms in total. The Labute approximate surface area is 131 Å². The lowest BCUT2D eigenvalue weighted by Crippen LogP contribution is -2.01. The molecule has 0 heterocycles. The second kappa shape index (κ2) is 7.64. The molecule has 2 aromatic rings. The summed E-state index contributed by atoms with van der Waals surface area (Å²) < 4.78 is 6.11. The first-order chi connectivity index (χ1) is 10.7. The van der Waals surface area contributed by atoms with Crippen LogP contribution in [-0.4, -0.2) is 11.1 Å². The largest absolute Gasteiger partial charge is 0.481 e. The van der Waals surface area contributed by atoms with Gasteiger partial charge in [0.15, 0.2) is 0 Å². The fourth-order valence-corrected chi connectivity index (χ4v) is 2.61. The summed E-state index contributed by atoms with van der Waals surface area (Å²) in [5, 5.41) is 8.87. The lowest BCUT2D eigenvalue weighted by atomic mass is 10.0. The van der Waals surface area contributed by atoms with Gasteiger partial charge in [-0.1, -0.05) is 44.2 Å². The van der Waals surface area contributed by atoms with E-state index in [1.807, 2.05) is 36.4 Å². The van der Waals surface area contributed by atoms with E-state index in [1.165, 1.54) is 11.1 Å². The summed E-state index contributed by atoms with van der Waals surface area (Å²) in [5.41, 5.74) is 3.44. The second-order valence-corrected chi connectivity index (χ2v) is 5.20. The second-order valence-electron chi connectivity index (χ2n) is 5.20. The van der Waals surface area contributed by atoms with Gasteiger partial charge in [0.05, 0.1) is 0 Å². The first-order valence-corrected chi connectivity index (χ1v) is 7.74. The number of aryl methyl sites for hydroxylation is 2. The molecule has 0 unspecified atom stereocenters. The van der Waals surface area contributed by atoms with E-state index in [0.717, 1.165) is 29.9 Å². The summed E-state index contributed by atoms with van der Waals surface area (Å²) in [5.74, 6) is 0.813. The maximum atomic E-state index is 10.8. The van der Waals surface area contributed by atoms with Crippen LogP contribution in [0.25, 0.3) is 0 Å². The Morgan fingerprint density at radius 2 is 1.64 bits per heavy atom. The number of aliphatic carboxylic acids is 1. The van der Waals surface area contributed by atoms with E-state index < -0.39 is 5.97 Å². The predicted molar refractivity (Wildman–Crippen MR) is 87.7 cm³/mol. The van der Waals surface area contributed by atoms with Crippen LogP contribution in [0.4, 0.5) is 0 Å². The van der Waals surface area contributed by atoms with Crippen LogP contribution < -0.4 is 4.74 Å². The van der Waals surface area contributed by atoms with E-state index in [1.54, 1.807) is 0 Å². The average Bonchev–Trinajstić information content (AvgIpc) is 2.53. The Balaban J connectivity index is 2.29. The number of para-hydroxylation sites is 1. The van der Waals surface area contributed by atoms with Gasteiger partial charge < -0.3 is 9.84 Å². The van der Waals surface area contributed by atoms with Crippen molar-refractivity contribution in [1.29, 1.82) is 0 Å². The maximum Gasteiger partial charge on any atom is 0.303 e. The Bertz CT molecular complexity index is 647. The summed E-state index contributed by atoms with van der Waals surface area (Å²) in [6.45, 7) is 4.26. The maximum absolute atomic E-state index is 10.8. The molecule has 0 atom stereocenters. The van der Waals surface area contributed by atoms with Gasteiger partial charge in [-0.25, -0.2) is 0 Å². The fraction of sp³-hybridized carbons (Fsp3) is 0.316. The normalized spacial score (nSPS) is 10.5. The van der Waals surface area contributed by atoms with Gasteiger partial charge in [-0.15, -0.1) is 0 Å². The highest BCUT2D eigenvalue weighted by molar-refractivity contribution is 5.67. The van der Waals surface area contributed by atoms with Crippen molar-refractivity contribution in [2.24, 2.45) is 0 Å². The standard InChI is InChI=1S/C19H22O3/c1-3-14-9-7-11-18(16(14)4-2)22-17-10-6-5-8-15(17)12-13-19(20)21/h5-11H,3-4,12-13H2,1-2H3,(H,20,21). The molecule has 0 saturated heterocycles. The number of carboxylic acid groups (broad SMARTS) is 1. The van der Waals surface area contributed by atoms with Gasteiger partial charge in [-0.05, 0) is 48.1 Å². The SMILES string of the molecule is CCc1cccc(Oc2ccccc2CCC(=O)O)c1CC. The molecule has 2 rings (SSSR count). The van der Waals surface area contributed by atoms with E-state index in [-0.39, 0.29) is 6.42 Å². The summed E-state index contributed by atoms with van der Waals surface area (Å²) in [6, 6.07) is 13.8. The number of rotatable bonds is 7. The van der Waals surface area contributed by atoms with Gasteiger partial charge in [0.25, 0.3) is 0 Å². The minimum atomic E-state index is -0.794. The molecular formula is C19H22O3. The summed E-state index contributed by atoms with van der Waals surface area (Å²) >= 11 is 0. The lowest BCUT2D eigenvalue weighted by Gasteiger charge is -2.15. The van der Waals surface area contributed by atoms with Crippen LogP contribution in [0, 0.1) is 0 Å². The molecule has 1 N–H and O–H groups in total. The van der Waals surface area contributed by atoms with Crippen molar-refractivity contribution < 1.29 is 14.6 Å². The van der Waals surface area contributed by atoms with Crippen LogP contribution in [0.5, 0.6) is 11.5 Å². The van der Waals surface area contributed by atoms with Gasteiger partial charge in [0.2, 0.25) is 0 Å². The zero-order valence-electron chi connectivity index (χ0n) is 13.1. The molecule has 0 radical (unpaired) electrons. The minimum Gasteiger partial charge on any atom is -0.481 e. The van der Waals surface area contributed by atoms with Crippen molar-refractivity contribution >= 4 is 5.97 Å². The van der Waals surface area contributed by atoms with E-state index in [9.17, 15) is 4.79 Å². The highest BCUT2D eigenvalue weighted by Gasteiger charge is 2.11. The summed E-state index contributed by atoms with van der Waals surface area (Å²) in [6.07, 6.45) is 2.47. The van der Waals surface area contributed by atoms with Gasteiger partial charge in [0, 0.05) is 6.42 Å². The van der Waals surface area contributed by atoms with Crippen molar-refractivity contribution in [1.82, 2.24) is 0 Å². The van der Waals surface area contributed by atoms with E-state index >= 15 is 0 Å². The minimum absolute atomic E-state index is 0.107. The van der Waals surface area contributed by atoms with Crippen LogP contribution in [-0.2, 0) is 24.1 Å². The van der Waals surface area contributed by atoms with E-state index in [2.05, 4.69) is 19.9 Å². The highest BCUT2D eigenvalue weighted by Crippen LogP contribution is 2.31. The van der Waals surface area contributed by atoms with Crippen molar-refractivity contribution in [3.8, 4) is 11.5 Å². The van der Waals surface area contributed by atoms with E-state index in [0.29, 0.717) is 6.42 Å². The quantitative estimate of drug-likeness (QED) is 0.811. The topological polar surface area (TPSA) is 46.5 Å². The van der Waals surface area contributed by atoms with Gasteiger partial charge in [0.1, 0.15) is 11.5 Å². The van der Waals surface area contributed by atoms with Crippen LogP contribution in [0.3, 0.4) is 0 Å². The lowest BCUT2D eigenvalue weighted by molar-refractivity contribution is -0.136. The van der Waals surface area contributed by atoms with Crippen molar-refractivity contribution in [3.63, 3.8) is 0 Å². The first-order valence-electron chi connectivity index (χ1n) is 7.74. The summed E-state index contributed by atoms with van der Waals surface area (Å²) in [7, 11) is 0. The summed E-state index contributed by atoms with van der Waals surface area (Å²) in [4.78, 5) is 10.8. The van der Waals surface area contributed by atoms with Crippen LogP contribution in [0.15, 0.2) is 42.5 Å². The molecule has 0 aliphatic heterocycles. The molecular weight excluding hydrogens is 276 g/mol. The number of carboxylic acids is 1. The Morgan fingerprint density at radius 1 is 0.955 bits per heavy atom. The smallest absolute Gasteiger partial charge is 0.303 e. The molecule has 0 spiro atoms. The van der Waals surface area contributed by atoms with Crippen molar-refractivity contribution in [3.05, 3.63) is 59.2 Å². The molecule has 0 aliphatic carbocycles. The molecule has 116 valence electrons. The third-order valence-electron chi connectivity index (χ3n) is 3.77. The third-order valence-corrected chi connectivity index (χ3v) is 3.77. The fourth-order valence-electron chi connectivity index (χ4n) is 2.61.